The third kappa shape index (κ3) is 6.20. The molecule has 3 rings (SSSR count). The molecule has 7 nitrogen and oxygen atoms in total. The fraction of sp³-hybridized carbons (Fsp3) is 0.480. The zero-order valence-corrected chi connectivity index (χ0v) is 21.8. The number of carbonyl (C=O) groups excluding carboxylic acids is 1. The normalized spacial score (nSPS) is 20.0. The molecule has 2 N–H and O–H groups in total. The maximum atomic E-state index is 12.3. The molecular weight excluding hydrogens is 477 g/mol. The summed E-state index contributed by atoms with van der Waals surface area (Å²) in [6.07, 6.45) is 3.21. The van der Waals surface area contributed by atoms with Crippen molar-refractivity contribution in [1.29, 1.82) is 0 Å². The van der Waals surface area contributed by atoms with Crippen LogP contribution in [0.2, 0.25) is 10.0 Å². The number of hydrogen-bond donors (Lipinski definition) is 1. The number of carbonyl (C=O) groups is 1. The standard InChI is InChI=1S/C25H33Cl2N3O4/c1-30(10-7-17(8-11-30)13-18-5-6-20(26)21(27)14-18)12-9-29(25(28)31)19-15-22(32-2)24(34-4)23(16-19)33-3/h5-6,14-17H,7-13H2,1-4H3,(H-,28,31)/p+1. The van der Waals surface area contributed by atoms with E-state index in [0.29, 0.717) is 45.4 Å². The number of ether oxygens (including phenoxy) is 3. The van der Waals surface area contributed by atoms with Crippen LogP contribution >= 0.6 is 23.2 Å². The lowest BCUT2D eigenvalue weighted by Crippen LogP contribution is -2.54. The summed E-state index contributed by atoms with van der Waals surface area (Å²) in [7, 11) is 6.87. The Labute approximate surface area is 211 Å². The number of primary amides is 1. The van der Waals surface area contributed by atoms with Gasteiger partial charge >= 0.3 is 6.03 Å². The number of urea groups is 1. The van der Waals surface area contributed by atoms with E-state index >= 15 is 0 Å². The molecule has 9 heteroatoms. The maximum Gasteiger partial charge on any atom is 0.319 e. The van der Waals surface area contributed by atoms with E-state index in [1.54, 1.807) is 38.4 Å². The Bertz CT molecular complexity index is 985. The predicted molar refractivity (Wildman–Crippen MR) is 137 cm³/mol. The van der Waals surface area contributed by atoms with Gasteiger partial charge in [0.05, 0.1) is 70.3 Å². The number of piperidine rings is 1. The molecular formula is C25H34Cl2N3O4+. The van der Waals surface area contributed by atoms with Gasteiger partial charge in [0.25, 0.3) is 0 Å². The van der Waals surface area contributed by atoms with Crippen LogP contribution in [0, 0.1) is 5.92 Å². The summed E-state index contributed by atoms with van der Waals surface area (Å²) in [6, 6.07) is 8.86. The molecule has 34 heavy (non-hydrogen) atoms. The minimum atomic E-state index is -0.518. The van der Waals surface area contributed by atoms with Gasteiger partial charge in [-0.25, -0.2) is 4.79 Å². The number of hydrogen-bond acceptors (Lipinski definition) is 4. The topological polar surface area (TPSA) is 74.0 Å². The Hall–Kier alpha value is -2.35. The fourth-order valence-electron chi connectivity index (χ4n) is 4.60. The van der Waals surface area contributed by atoms with Crippen molar-refractivity contribution < 1.29 is 23.5 Å². The van der Waals surface area contributed by atoms with Crippen LogP contribution in [0.4, 0.5) is 10.5 Å². The van der Waals surface area contributed by atoms with E-state index in [2.05, 4.69) is 13.1 Å². The van der Waals surface area contributed by atoms with Crippen molar-refractivity contribution in [3.8, 4) is 17.2 Å². The molecule has 1 saturated heterocycles. The third-order valence-electron chi connectivity index (χ3n) is 6.75. The van der Waals surface area contributed by atoms with Crippen molar-refractivity contribution in [1.82, 2.24) is 0 Å². The quantitative estimate of drug-likeness (QED) is 0.481. The SMILES string of the molecule is COc1cc(N(CC[N+]2(C)CCC(Cc3ccc(Cl)c(Cl)c3)CC2)C(N)=O)cc(OC)c1OC. The van der Waals surface area contributed by atoms with Crippen molar-refractivity contribution >= 4 is 34.9 Å². The van der Waals surface area contributed by atoms with Gasteiger partial charge in [-0.1, -0.05) is 29.3 Å². The molecule has 0 saturated carbocycles. The highest BCUT2D eigenvalue weighted by Gasteiger charge is 2.31. The lowest BCUT2D eigenvalue weighted by molar-refractivity contribution is -0.913. The van der Waals surface area contributed by atoms with E-state index in [4.69, 9.17) is 43.1 Å². The molecule has 0 bridgehead atoms. The minimum Gasteiger partial charge on any atom is -0.493 e. The van der Waals surface area contributed by atoms with Crippen LogP contribution in [0.15, 0.2) is 30.3 Å². The van der Waals surface area contributed by atoms with Gasteiger partial charge in [-0.3, -0.25) is 4.90 Å². The zero-order chi connectivity index (χ0) is 24.9. The lowest BCUT2D eigenvalue weighted by Gasteiger charge is -2.41. The number of methoxy groups -OCH3 is 3. The van der Waals surface area contributed by atoms with Crippen molar-refractivity contribution in [3.05, 3.63) is 45.9 Å². The average molecular weight is 511 g/mol. The molecule has 0 aliphatic carbocycles. The number of rotatable bonds is 9. The number of benzene rings is 2. The number of halogens is 2. The van der Waals surface area contributed by atoms with Crippen molar-refractivity contribution in [2.75, 3.05) is 59.5 Å². The van der Waals surface area contributed by atoms with Gasteiger partial charge in [-0.2, -0.15) is 0 Å². The van der Waals surface area contributed by atoms with E-state index < -0.39 is 6.03 Å². The summed E-state index contributed by atoms with van der Waals surface area (Å²) in [4.78, 5) is 13.9. The van der Waals surface area contributed by atoms with Gasteiger partial charge in [-0.15, -0.1) is 0 Å². The molecule has 2 aromatic rings. The number of nitrogens with two attached hydrogens (primary N) is 1. The van der Waals surface area contributed by atoms with Crippen molar-refractivity contribution in [3.63, 3.8) is 0 Å². The van der Waals surface area contributed by atoms with E-state index in [0.717, 1.165) is 43.4 Å². The minimum absolute atomic E-state index is 0.473. The molecule has 2 amide bonds. The molecule has 0 unspecified atom stereocenters. The summed E-state index contributed by atoms with van der Waals surface area (Å²) in [5.74, 6) is 2.03. The second-order valence-corrected chi connectivity index (χ2v) is 9.87. The molecule has 1 aliphatic rings. The molecule has 186 valence electrons. The summed E-state index contributed by atoms with van der Waals surface area (Å²) < 4.78 is 17.1. The number of amides is 2. The van der Waals surface area contributed by atoms with E-state index in [1.165, 1.54) is 5.56 Å². The molecule has 0 aromatic heterocycles. The Morgan fingerprint density at radius 1 is 1.03 bits per heavy atom. The largest absolute Gasteiger partial charge is 0.493 e. The van der Waals surface area contributed by atoms with Crippen LogP contribution < -0.4 is 24.8 Å². The Morgan fingerprint density at radius 2 is 1.65 bits per heavy atom. The Morgan fingerprint density at radius 3 is 2.15 bits per heavy atom. The van der Waals surface area contributed by atoms with Crippen molar-refractivity contribution in [2.45, 2.75) is 19.3 Å². The maximum absolute atomic E-state index is 12.3. The van der Waals surface area contributed by atoms with Crippen LogP contribution in [-0.4, -0.2) is 65.1 Å². The predicted octanol–water partition coefficient (Wildman–Crippen LogP) is 5.00. The highest BCUT2D eigenvalue weighted by molar-refractivity contribution is 6.42. The summed E-state index contributed by atoms with van der Waals surface area (Å²) >= 11 is 12.2. The van der Waals surface area contributed by atoms with Gasteiger partial charge in [0.15, 0.2) is 11.5 Å². The van der Waals surface area contributed by atoms with Gasteiger partial charge in [0.1, 0.15) is 0 Å². The first-order valence-corrected chi connectivity index (χ1v) is 12.1. The Kier molecular flexibility index (Phi) is 8.79. The highest BCUT2D eigenvalue weighted by atomic mass is 35.5. The smallest absolute Gasteiger partial charge is 0.319 e. The molecule has 1 aliphatic heterocycles. The van der Waals surface area contributed by atoms with Crippen LogP contribution in [0.25, 0.3) is 0 Å². The monoisotopic (exact) mass is 510 g/mol. The van der Waals surface area contributed by atoms with Crippen LogP contribution in [0.3, 0.4) is 0 Å². The fourth-order valence-corrected chi connectivity index (χ4v) is 4.92. The van der Waals surface area contributed by atoms with Crippen LogP contribution in [0.5, 0.6) is 17.2 Å². The van der Waals surface area contributed by atoms with E-state index in [9.17, 15) is 4.79 Å². The number of nitrogens with zero attached hydrogens (tertiary/aromatic N) is 2. The average Bonchev–Trinajstić information content (AvgIpc) is 2.82. The molecule has 0 radical (unpaired) electrons. The number of quaternary nitrogens is 1. The zero-order valence-electron chi connectivity index (χ0n) is 20.3. The second-order valence-electron chi connectivity index (χ2n) is 9.06. The third-order valence-corrected chi connectivity index (χ3v) is 7.49. The van der Waals surface area contributed by atoms with Crippen molar-refractivity contribution in [2.24, 2.45) is 11.7 Å². The second kappa shape index (κ2) is 11.4. The van der Waals surface area contributed by atoms with Crippen LogP contribution in [0.1, 0.15) is 18.4 Å². The first kappa shape index (κ1) is 26.3. The van der Waals surface area contributed by atoms with Gasteiger partial charge in [0.2, 0.25) is 5.75 Å². The van der Waals surface area contributed by atoms with E-state index in [-0.39, 0.29) is 0 Å². The molecule has 2 aromatic carbocycles. The highest BCUT2D eigenvalue weighted by Crippen LogP contribution is 2.41. The number of likely N-dealkylation sites (N-methyl/N-ethyl adjacent to an activating group) is 1. The first-order chi connectivity index (χ1) is 16.2. The van der Waals surface area contributed by atoms with Crippen LogP contribution in [-0.2, 0) is 6.42 Å². The molecule has 0 spiro atoms. The number of likely N-dealkylation sites (tertiary alicyclic amines) is 1. The Balaban J connectivity index is 1.65. The van der Waals surface area contributed by atoms with Gasteiger partial charge < -0.3 is 24.4 Å². The summed E-state index contributed by atoms with van der Waals surface area (Å²) in [5.41, 5.74) is 7.59. The lowest BCUT2D eigenvalue weighted by atomic mass is 9.89. The summed E-state index contributed by atoms with van der Waals surface area (Å²) in [5, 5.41) is 1.19. The van der Waals surface area contributed by atoms with Gasteiger partial charge in [0, 0.05) is 12.1 Å². The van der Waals surface area contributed by atoms with E-state index in [1.807, 2.05) is 12.1 Å². The molecule has 1 heterocycles. The number of anilines is 1. The van der Waals surface area contributed by atoms with Gasteiger partial charge in [-0.05, 0) is 42.9 Å². The molecule has 0 atom stereocenters. The molecule has 1 fully saturated rings. The first-order valence-electron chi connectivity index (χ1n) is 11.3. The summed E-state index contributed by atoms with van der Waals surface area (Å²) in [6.45, 7) is 3.35.